The van der Waals surface area contributed by atoms with Crippen molar-refractivity contribution >= 4 is 5.91 Å². The average molecular weight is 339 g/mol. The molecule has 3 heteroatoms. The second kappa shape index (κ2) is 8.70. The van der Waals surface area contributed by atoms with E-state index in [1.165, 1.54) is 5.56 Å². The van der Waals surface area contributed by atoms with E-state index >= 15 is 0 Å². The monoisotopic (exact) mass is 339 g/mol. The van der Waals surface area contributed by atoms with Crippen LogP contribution in [0, 0.1) is 0 Å². The van der Waals surface area contributed by atoms with Gasteiger partial charge in [0.05, 0.1) is 12.1 Å². The first-order valence-corrected chi connectivity index (χ1v) is 9.08. The van der Waals surface area contributed by atoms with Gasteiger partial charge in [-0.05, 0) is 61.6 Å². The van der Waals surface area contributed by atoms with Gasteiger partial charge in [-0.2, -0.15) is 0 Å². The fraction of sp³-hybridized carbons (Fsp3) is 0.409. The predicted molar refractivity (Wildman–Crippen MR) is 103 cm³/mol. The molecule has 0 saturated carbocycles. The molecule has 1 atom stereocenters. The number of hydrogen-bond acceptors (Lipinski definition) is 2. The van der Waals surface area contributed by atoms with Crippen LogP contribution >= 0.6 is 0 Å². The van der Waals surface area contributed by atoms with Gasteiger partial charge in [-0.1, -0.05) is 45.0 Å². The first kappa shape index (κ1) is 19.0. The van der Waals surface area contributed by atoms with E-state index < -0.39 is 0 Å². The van der Waals surface area contributed by atoms with Crippen LogP contribution in [0.25, 0.3) is 0 Å². The summed E-state index contributed by atoms with van der Waals surface area (Å²) in [6, 6.07) is 15.8. The van der Waals surface area contributed by atoms with Gasteiger partial charge in [-0.15, -0.1) is 0 Å². The molecule has 0 unspecified atom stereocenters. The van der Waals surface area contributed by atoms with E-state index in [1.54, 1.807) is 0 Å². The lowest BCUT2D eigenvalue weighted by molar-refractivity contribution is 0.0935. The van der Waals surface area contributed by atoms with Gasteiger partial charge in [0.2, 0.25) is 0 Å². The molecule has 2 aromatic carbocycles. The number of rotatable bonds is 7. The second-order valence-electron chi connectivity index (χ2n) is 6.95. The smallest absolute Gasteiger partial charge is 0.251 e. The molecule has 0 heterocycles. The number of nitrogens with one attached hydrogen (secondary N) is 1. The summed E-state index contributed by atoms with van der Waals surface area (Å²) in [6.45, 7) is 10.4. The molecule has 0 aromatic heterocycles. The Kier molecular flexibility index (Phi) is 6.63. The minimum atomic E-state index is -0.0594. The third-order valence-electron chi connectivity index (χ3n) is 4.21. The maximum Gasteiger partial charge on any atom is 0.251 e. The van der Waals surface area contributed by atoms with Crippen LogP contribution in [0.2, 0.25) is 0 Å². The van der Waals surface area contributed by atoms with E-state index in [0.717, 1.165) is 17.7 Å². The molecule has 0 aliphatic rings. The summed E-state index contributed by atoms with van der Waals surface area (Å²) in [6.07, 6.45) is 0.972. The van der Waals surface area contributed by atoms with E-state index in [0.29, 0.717) is 11.5 Å². The molecule has 0 radical (unpaired) electrons. The van der Waals surface area contributed by atoms with Crippen LogP contribution in [0.1, 0.15) is 74.5 Å². The molecule has 1 N–H and O–H groups in total. The molecule has 0 aliphatic heterocycles. The number of ether oxygens (including phenoxy) is 1. The summed E-state index contributed by atoms with van der Waals surface area (Å²) in [5.74, 6) is 1.23. The van der Waals surface area contributed by atoms with Crippen LogP contribution in [0.15, 0.2) is 48.5 Å². The van der Waals surface area contributed by atoms with Crippen molar-refractivity contribution in [3.8, 4) is 5.75 Å². The van der Waals surface area contributed by atoms with Gasteiger partial charge in [-0.3, -0.25) is 4.79 Å². The Morgan fingerprint density at radius 2 is 1.48 bits per heavy atom. The van der Waals surface area contributed by atoms with Crippen molar-refractivity contribution in [1.29, 1.82) is 0 Å². The van der Waals surface area contributed by atoms with Crippen molar-refractivity contribution in [3.63, 3.8) is 0 Å². The van der Waals surface area contributed by atoms with Crippen LogP contribution in [-0.4, -0.2) is 12.0 Å². The van der Waals surface area contributed by atoms with Crippen molar-refractivity contribution in [2.24, 2.45) is 0 Å². The summed E-state index contributed by atoms with van der Waals surface area (Å²) in [7, 11) is 0. The predicted octanol–water partition coefficient (Wildman–Crippen LogP) is 5.48. The quantitative estimate of drug-likeness (QED) is 0.725. The first-order valence-electron chi connectivity index (χ1n) is 9.08. The maximum absolute atomic E-state index is 12.5. The fourth-order valence-corrected chi connectivity index (χ4v) is 2.73. The minimum absolute atomic E-state index is 0.0142. The van der Waals surface area contributed by atoms with Crippen LogP contribution in [0.4, 0.5) is 0 Å². The van der Waals surface area contributed by atoms with E-state index in [4.69, 9.17) is 4.74 Å². The van der Waals surface area contributed by atoms with Gasteiger partial charge in [0.15, 0.2) is 0 Å². The Hall–Kier alpha value is -2.29. The summed E-state index contributed by atoms with van der Waals surface area (Å²) in [5, 5.41) is 3.13. The molecule has 0 fully saturated rings. The van der Waals surface area contributed by atoms with Crippen LogP contribution in [0.3, 0.4) is 0 Å². The highest BCUT2D eigenvalue weighted by Gasteiger charge is 2.14. The van der Waals surface area contributed by atoms with Gasteiger partial charge in [0.1, 0.15) is 5.75 Å². The van der Waals surface area contributed by atoms with Crippen molar-refractivity contribution < 1.29 is 9.53 Å². The molecule has 0 spiro atoms. The normalized spacial score (nSPS) is 12.3. The van der Waals surface area contributed by atoms with Gasteiger partial charge in [0, 0.05) is 5.56 Å². The largest absolute Gasteiger partial charge is 0.491 e. The third kappa shape index (κ3) is 5.35. The number of carbonyl (C=O) groups excluding carboxylic acids is 1. The Morgan fingerprint density at radius 1 is 0.920 bits per heavy atom. The van der Waals surface area contributed by atoms with Gasteiger partial charge in [0.25, 0.3) is 5.91 Å². The number of benzene rings is 2. The molecule has 25 heavy (non-hydrogen) atoms. The average Bonchev–Trinajstić information content (AvgIpc) is 2.59. The van der Waals surface area contributed by atoms with E-state index in [2.05, 4.69) is 50.4 Å². The highest BCUT2D eigenvalue weighted by atomic mass is 16.5. The fourth-order valence-electron chi connectivity index (χ4n) is 2.73. The molecule has 3 nitrogen and oxygen atoms in total. The Balaban J connectivity index is 2.06. The molecular formula is C22H29NO2. The molecule has 0 aliphatic carbocycles. The van der Waals surface area contributed by atoms with E-state index in [-0.39, 0.29) is 18.1 Å². The Morgan fingerprint density at radius 3 is 1.96 bits per heavy atom. The highest BCUT2D eigenvalue weighted by Crippen LogP contribution is 2.21. The number of hydrogen-bond donors (Lipinski definition) is 1. The zero-order chi connectivity index (χ0) is 18.4. The van der Waals surface area contributed by atoms with Crippen molar-refractivity contribution in [1.82, 2.24) is 5.32 Å². The van der Waals surface area contributed by atoms with Gasteiger partial charge < -0.3 is 10.1 Å². The topological polar surface area (TPSA) is 38.3 Å². The van der Waals surface area contributed by atoms with Crippen molar-refractivity contribution in [2.75, 3.05) is 0 Å². The second-order valence-corrected chi connectivity index (χ2v) is 6.95. The van der Waals surface area contributed by atoms with Crippen LogP contribution in [-0.2, 0) is 0 Å². The standard InChI is InChI=1S/C22H29NO2/c1-6-21(18-9-7-17(8-10-18)15(2)3)23-22(24)19-11-13-20(14-12-19)25-16(4)5/h7-16,21H,6H2,1-5H3,(H,23,24)/t21-/m1/s1. The SMILES string of the molecule is CC[C@@H](NC(=O)c1ccc(OC(C)C)cc1)c1ccc(C(C)C)cc1. The molecule has 0 bridgehead atoms. The highest BCUT2D eigenvalue weighted by molar-refractivity contribution is 5.94. The zero-order valence-corrected chi connectivity index (χ0v) is 15.9. The summed E-state index contributed by atoms with van der Waals surface area (Å²) in [4.78, 5) is 12.5. The third-order valence-corrected chi connectivity index (χ3v) is 4.21. The molecular weight excluding hydrogens is 310 g/mol. The van der Waals surface area contributed by atoms with Gasteiger partial charge in [-0.25, -0.2) is 0 Å². The van der Waals surface area contributed by atoms with Crippen LogP contribution in [0.5, 0.6) is 5.75 Å². The molecule has 2 rings (SSSR count). The zero-order valence-electron chi connectivity index (χ0n) is 15.9. The molecule has 134 valence electrons. The maximum atomic E-state index is 12.5. The lowest BCUT2D eigenvalue weighted by atomic mass is 9.98. The van der Waals surface area contributed by atoms with Gasteiger partial charge >= 0.3 is 0 Å². The minimum Gasteiger partial charge on any atom is -0.491 e. The molecule has 1 amide bonds. The number of carbonyl (C=O) groups is 1. The summed E-state index contributed by atoms with van der Waals surface area (Å²) in [5.41, 5.74) is 3.10. The van der Waals surface area contributed by atoms with Crippen molar-refractivity contribution in [2.45, 2.75) is 59.1 Å². The van der Waals surface area contributed by atoms with Crippen molar-refractivity contribution in [3.05, 3.63) is 65.2 Å². The lowest BCUT2D eigenvalue weighted by Gasteiger charge is -2.18. The summed E-state index contributed by atoms with van der Waals surface area (Å²) < 4.78 is 5.62. The first-order chi connectivity index (χ1) is 11.9. The lowest BCUT2D eigenvalue weighted by Crippen LogP contribution is -2.28. The molecule has 0 saturated heterocycles. The number of amides is 1. The summed E-state index contributed by atoms with van der Waals surface area (Å²) >= 11 is 0. The van der Waals surface area contributed by atoms with E-state index in [1.807, 2.05) is 38.1 Å². The molecule has 2 aromatic rings. The Labute approximate surface area is 151 Å². The van der Waals surface area contributed by atoms with E-state index in [9.17, 15) is 4.79 Å². The van der Waals surface area contributed by atoms with Crippen LogP contribution < -0.4 is 10.1 Å². The Bertz CT molecular complexity index is 672.